The fourth-order valence-corrected chi connectivity index (χ4v) is 2.10. The molecule has 96 valence electrons. The average molecular weight is 276 g/mol. The lowest BCUT2D eigenvalue weighted by Gasteiger charge is -2.22. The fourth-order valence-electron chi connectivity index (χ4n) is 1.79. The molecular formula is C13H19Cl2NO. The lowest BCUT2D eigenvalue weighted by Crippen LogP contribution is -2.31. The molecule has 2 nitrogen and oxygen atoms in total. The van der Waals surface area contributed by atoms with E-state index in [1.165, 1.54) is 0 Å². The van der Waals surface area contributed by atoms with Gasteiger partial charge >= 0.3 is 0 Å². The standard InChI is InChI=1S/C13H19Cl2NO/c1-3-11(6-7-17)16-9(2)10-4-5-12(14)13(15)8-10/h4-5,8-9,11,16-17H,3,6-7H2,1-2H3. The summed E-state index contributed by atoms with van der Waals surface area (Å²) in [6.07, 6.45) is 1.76. The molecule has 0 aliphatic rings. The zero-order chi connectivity index (χ0) is 12.8. The topological polar surface area (TPSA) is 32.3 Å². The Balaban J connectivity index is 2.68. The van der Waals surface area contributed by atoms with E-state index >= 15 is 0 Å². The number of hydrogen-bond donors (Lipinski definition) is 2. The smallest absolute Gasteiger partial charge is 0.0595 e. The maximum Gasteiger partial charge on any atom is 0.0595 e. The van der Waals surface area contributed by atoms with E-state index in [-0.39, 0.29) is 12.6 Å². The van der Waals surface area contributed by atoms with Crippen LogP contribution in [0.3, 0.4) is 0 Å². The van der Waals surface area contributed by atoms with E-state index in [0.29, 0.717) is 16.1 Å². The summed E-state index contributed by atoms with van der Waals surface area (Å²) < 4.78 is 0. The maximum atomic E-state index is 8.95. The molecular weight excluding hydrogens is 257 g/mol. The van der Waals surface area contributed by atoms with Crippen molar-refractivity contribution in [3.8, 4) is 0 Å². The minimum atomic E-state index is 0.196. The molecule has 17 heavy (non-hydrogen) atoms. The number of aliphatic hydroxyl groups is 1. The monoisotopic (exact) mass is 275 g/mol. The summed E-state index contributed by atoms with van der Waals surface area (Å²) in [5, 5.41) is 13.6. The van der Waals surface area contributed by atoms with Crippen molar-refractivity contribution in [1.29, 1.82) is 0 Å². The number of nitrogens with one attached hydrogen (secondary N) is 1. The van der Waals surface area contributed by atoms with Crippen molar-refractivity contribution in [2.45, 2.75) is 38.8 Å². The predicted octanol–water partition coefficient (Wildman–Crippen LogP) is 3.81. The van der Waals surface area contributed by atoms with Crippen LogP contribution in [-0.4, -0.2) is 17.8 Å². The summed E-state index contributed by atoms with van der Waals surface area (Å²) in [5.41, 5.74) is 1.11. The highest BCUT2D eigenvalue weighted by Crippen LogP contribution is 2.25. The fraction of sp³-hybridized carbons (Fsp3) is 0.538. The molecule has 0 amide bonds. The molecule has 2 N–H and O–H groups in total. The molecule has 0 saturated carbocycles. The minimum absolute atomic E-state index is 0.196. The molecule has 2 unspecified atom stereocenters. The van der Waals surface area contributed by atoms with Crippen molar-refractivity contribution >= 4 is 23.2 Å². The first-order valence-electron chi connectivity index (χ1n) is 5.90. The average Bonchev–Trinajstić information content (AvgIpc) is 2.31. The molecule has 1 aromatic carbocycles. The van der Waals surface area contributed by atoms with Crippen molar-refractivity contribution < 1.29 is 5.11 Å². The highest BCUT2D eigenvalue weighted by Gasteiger charge is 2.12. The zero-order valence-corrected chi connectivity index (χ0v) is 11.7. The van der Waals surface area contributed by atoms with Crippen molar-refractivity contribution in [2.24, 2.45) is 0 Å². The van der Waals surface area contributed by atoms with E-state index in [4.69, 9.17) is 28.3 Å². The molecule has 0 spiro atoms. The first-order valence-corrected chi connectivity index (χ1v) is 6.66. The first-order chi connectivity index (χ1) is 8.08. The van der Waals surface area contributed by atoms with Gasteiger partial charge in [-0.25, -0.2) is 0 Å². The Bertz CT molecular complexity index is 357. The van der Waals surface area contributed by atoms with Gasteiger partial charge in [0.2, 0.25) is 0 Å². The predicted molar refractivity (Wildman–Crippen MR) is 73.8 cm³/mol. The third-order valence-electron chi connectivity index (χ3n) is 2.90. The molecule has 0 fully saturated rings. The van der Waals surface area contributed by atoms with Crippen LogP contribution in [0.5, 0.6) is 0 Å². The van der Waals surface area contributed by atoms with Crippen LogP contribution in [0.15, 0.2) is 18.2 Å². The SMILES string of the molecule is CCC(CCO)NC(C)c1ccc(Cl)c(Cl)c1. The molecule has 1 aromatic rings. The summed E-state index contributed by atoms with van der Waals surface area (Å²) >= 11 is 11.9. The van der Waals surface area contributed by atoms with E-state index in [1.54, 1.807) is 0 Å². The molecule has 4 heteroatoms. The van der Waals surface area contributed by atoms with Gasteiger partial charge in [0.15, 0.2) is 0 Å². The Morgan fingerprint density at radius 2 is 2.00 bits per heavy atom. The van der Waals surface area contributed by atoms with Gasteiger partial charge in [-0.05, 0) is 37.5 Å². The van der Waals surface area contributed by atoms with Crippen LogP contribution in [0.2, 0.25) is 10.0 Å². The van der Waals surface area contributed by atoms with E-state index in [2.05, 4.69) is 19.2 Å². The Labute approximate surface area is 113 Å². The van der Waals surface area contributed by atoms with Gasteiger partial charge < -0.3 is 10.4 Å². The van der Waals surface area contributed by atoms with Gasteiger partial charge in [-0.15, -0.1) is 0 Å². The Hall–Kier alpha value is -0.280. The number of hydrogen-bond acceptors (Lipinski definition) is 2. The van der Waals surface area contributed by atoms with Gasteiger partial charge in [-0.1, -0.05) is 36.2 Å². The molecule has 0 saturated heterocycles. The van der Waals surface area contributed by atoms with Crippen molar-refractivity contribution in [3.63, 3.8) is 0 Å². The van der Waals surface area contributed by atoms with Crippen LogP contribution in [0.4, 0.5) is 0 Å². The van der Waals surface area contributed by atoms with Crippen LogP contribution in [0.1, 0.15) is 38.3 Å². The normalized spacial score (nSPS) is 14.6. The molecule has 0 radical (unpaired) electrons. The van der Waals surface area contributed by atoms with Crippen molar-refractivity contribution in [2.75, 3.05) is 6.61 Å². The molecule has 2 atom stereocenters. The summed E-state index contributed by atoms with van der Waals surface area (Å²) in [5.74, 6) is 0. The van der Waals surface area contributed by atoms with E-state index in [9.17, 15) is 0 Å². The Morgan fingerprint density at radius 3 is 2.53 bits per heavy atom. The Kier molecular flexibility index (Phi) is 6.28. The number of benzene rings is 1. The second-order valence-corrected chi connectivity index (χ2v) is 4.99. The highest BCUT2D eigenvalue weighted by molar-refractivity contribution is 6.42. The third kappa shape index (κ3) is 4.47. The molecule has 0 bridgehead atoms. The lowest BCUT2D eigenvalue weighted by molar-refractivity contribution is 0.257. The molecule has 0 aliphatic carbocycles. The van der Waals surface area contributed by atoms with Gasteiger partial charge in [0, 0.05) is 18.7 Å². The summed E-state index contributed by atoms with van der Waals surface area (Å²) in [6, 6.07) is 6.18. The second kappa shape index (κ2) is 7.22. The first kappa shape index (κ1) is 14.8. The van der Waals surface area contributed by atoms with Crippen LogP contribution in [0, 0.1) is 0 Å². The van der Waals surface area contributed by atoms with Crippen LogP contribution in [-0.2, 0) is 0 Å². The third-order valence-corrected chi connectivity index (χ3v) is 3.64. The Morgan fingerprint density at radius 1 is 1.29 bits per heavy atom. The van der Waals surface area contributed by atoms with Gasteiger partial charge in [0.1, 0.15) is 0 Å². The van der Waals surface area contributed by atoms with Crippen LogP contribution < -0.4 is 5.32 Å². The summed E-state index contributed by atoms with van der Waals surface area (Å²) in [7, 11) is 0. The highest BCUT2D eigenvalue weighted by atomic mass is 35.5. The molecule has 0 aliphatic heterocycles. The second-order valence-electron chi connectivity index (χ2n) is 4.18. The van der Waals surface area contributed by atoms with E-state index < -0.39 is 0 Å². The van der Waals surface area contributed by atoms with Crippen LogP contribution >= 0.6 is 23.2 Å². The van der Waals surface area contributed by atoms with Gasteiger partial charge in [0.05, 0.1) is 10.0 Å². The van der Waals surface area contributed by atoms with Crippen molar-refractivity contribution in [3.05, 3.63) is 33.8 Å². The lowest BCUT2D eigenvalue weighted by atomic mass is 10.1. The van der Waals surface area contributed by atoms with E-state index in [0.717, 1.165) is 18.4 Å². The quantitative estimate of drug-likeness (QED) is 0.828. The summed E-state index contributed by atoms with van der Waals surface area (Å²) in [6.45, 7) is 4.40. The van der Waals surface area contributed by atoms with Crippen LogP contribution in [0.25, 0.3) is 0 Å². The number of rotatable bonds is 6. The summed E-state index contributed by atoms with van der Waals surface area (Å²) in [4.78, 5) is 0. The van der Waals surface area contributed by atoms with E-state index in [1.807, 2.05) is 18.2 Å². The zero-order valence-electron chi connectivity index (χ0n) is 10.2. The largest absolute Gasteiger partial charge is 0.396 e. The van der Waals surface area contributed by atoms with Gasteiger partial charge in [-0.2, -0.15) is 0 Å². The number of aliphatic hydroxyl groups excluding tert-OH is 1. The molecule has 1 rings (SSSR count). The minimum Gasteiger partial charge on any atom is -0.396 e. The molecule has 0 heterocycles. The van der Waals surface area contributed by atoms with Gasteiger partial charge in [-0.3, -0.25) is 0 Å². The number of halogens is 2. The maximum absolute atomic E-state index is 8.95. The molecule has 0 aromatic heterocycles. The van der Waals surface area contributed by atoms with Crippen molar-refractivity contribution in [1.82, 2.24) is 5.32 Å². The van der Waals surface area contributed by atoms with Gasteiger partial charge in [0.25, 0.3) is 0 Å².